The molecular weight excluding hydrogens is 371 g/mol. The van der Waals surface area contributed by atoms with Crippen molar-refractivity contribution in [3.8, 4) is 5.69 Å². The van der Waals surface area contributed by atoms with Gasteiger partial charge >= 0.3 is 5.97 Å². The van der Waals surface area contributed by atoms with Crippen molar-refractivity contribution in [3.05, 3.63) is 81.1 Å². The van der Waals surface area contributed by atoms with Crippen LogP contribution in [0, 0.1) is 13.8 Å². The smallest absolute Gasteiger partial charge is 0.337 e. The van der Waals surface area contributed by atoms with Gasteiger partial charge in [0.05, 0.1) is 16.3 Å². The summed E-state index contributed by atoms with van der Waals surface area (Å²) in [7, 11) is 0. The lowest BCUT2D eigenvalue weighted by molar-refractivity contribution is 0.0697. The second kappa shape index (κ2) is 7.36. The number of rotatable bonds is 4. The number of aliphatic imine (C=N–C) groups is 1. The highest BCUT2D eigenvalue weighted by Crippen LogP contribution is 2.25. The van der Waals surface area contributed by atoms with Gasteiger partial charge in [-0.1, -0.05) is 29.3 Å². The maximum absolute atomic E-state index is 11.2. The second-order valence-corrected chi connectivity index (χ2v) is 6.71. The number of halogens is 2. The minimum absolute atomic E-state index is 0.0331. The largest absolute Gasteiger partial charge is 0.478 e. The van der Waals surface area contributed by atoms with E-state index in [1.54, 1.807) is 12.3 Å². The van der Waals surface area contributed by atoms with Gasteiger partial charge in [0, 0.05) is 33.9 Å². The quantitative estimate of drug-likeness (QED) is 0.571. The highest BCUT2D eigenvalue weighted by atomic mass is 35.5. The van der Waals surface area contributed by atoms with E-state index >= 15 is 0 Å². The molecular formula is C20H16Cl2N2O2. The van der Waals surface area contributed by atoms with Crippen LogP contribution in [-0.2, 0) is 0 Å². The first-order valence-corrected chi connectivity index (χ1v) is 8.64. The van der Waals surface area contributed by atoms with E-state index in [9.17, 15) is 4.79 Å². The molecule has 0 aliphatic heterocycles. The van der Waals surface area contributed by atoms with Gasteiger partial charge in [0.2, 0.25) is 0 Å². The zero-order valence-corrected chi connectivity index (χ0v) is 15.7. The summed E-state index contributed by atoms with van der Waals surface area (Å²) in [5, 5.41) is 10.0. The van der Waals surface area contributed by atoms with Crippen molar-refractivity contribution in [1.29, 1.82) is 0 Å². The van der Waals surface area contributed by atoms with Crippen molar-refractivity contribution in [2.45, 2.75) is 13.8 Å². The molecule has 3 aromatic rings. The molecule has 0 saturated carbocycles. The van der Waals surface area contributed by atoms with E-state index in [-0.39, 0.29) is 10.6 Å². The Morgan fingerprint density at radius 3 is 2.58 bits per heavy atom. The van der Waals surface area contributed by atoms with E-state index in [2.05, 4.69) is 9.56 Å². The van der Waals surface area contributed by atoms with Gasteiger partial charge in [-0.3, -0.25) is 4.99 Å². The summed E-state index contributed by atoms with van der Waals surface area (Å²) in [6.07, 6.45) is 1.72. The normalized spacial score (nSPS) is 11.2. The number of aryl methyl sites for hydroxylation is 1. The number of carboxylic acids is 1. The van der Waals surface area contributed by atoms with E-state index in [0.717, 1.165) is 22.6 Å². The summed E-state index contributed by atoms with van der Waals surface area (Å²) >= 11 is 12.0. The molecule has 4 nitrogen and oxygen atoms in total. The van der Waals surface area contributed by atoms with Crippen molar-refractivity contribution in [2.75, 3.05) is 0 Å². The van der Waals surface area contributed by atoms with E-state index in [0.29, 0.717) is 10.7 Å². The molecule has 1 N–H and O–H groups in total. The minimum Gasteiger partial charge on any atom is -0.478 e. The van der Waals surface area contributed by atoms with Crippen molar-refractivity contribution in [2.24, 2.45) is 4.99 Å². The molecule has 0 atom stereocenters. The fraction of sp³-hybridized carbons (Fsp3) is 0.100. The van der Waals surface area contributed by atoms with Crippen LogP contribution >= 0.6 is 23.2 Å². The fourth-order valence-electron chi connectivity index (χ4n) is 2.83. The lowest BCUT2D eigenvalue weighted by Gasteiger charge is -2.09. The zero-order valence-electron chi connectivity index (χ0n) is 14.2. The lowest BCUT2D eigenvalue weighted by Crippen LogP contribution is -1.99. The Bertz CT molecular complexity index is 1020. The van der Waals surface area contributed by atoms with Crippen LogP contribution in [0.15, 0.2) is 53.5 Å². The van der Waals surface area contributed by atoms with Crippen molar-refractivity contribution in [1.82, 2.24) is 4.57 Å². The van der Waals surface area contributed by atoms with Crippen LogP contribution < -0.4 is 0 Å². The molecule has 0 saturated heterocycles. The zero-order chi connectivity index (χ0) is 18.8. The standard InChI is InChI=1S/C20H16Cl2N2O2/c1-12-8-14(13(2)24(12)17-5-3-4-15(21)9-17)11-23-16-6-7-19(22)18(10-16)20(25)26/h3-11H,1-2H3,(H,25,26). The Kier molecular flexibility index (Phi) is 5.16. The van der Waals surface area contributed by atoms with Crippen molar-refractivity contribution in [3.63, 3.8) is 0 Å². The lowest BCUT2D eigenvalue weighted by atomic mass is 10.2. The maximum Gasteiger partial charge on any atom is 0.337 e. The molecule has 3 rings (SSSR count). The van der Waals surface area contributed by atoms with Gasteiger partial charge in [-0.2, -0.15) is 0 Å². The first-order valence-electron chi connectivity index (χ1n) is 7.88. The monoisotopic (exact) mass is 386 g/mol. The Balaban J connectivity index is 1.97. The first-order chi connectivity index (χ1) is 12.4. The van der Waals surface area contributed by atoms with Crippen LogP contribution in [0.3, 0.4) is 0 Å². The molecule has 1 heterocycles. The van der Waals surface area contributed by atoms with Gasteiger partial charge in [0.1, 0.15) is 0 Å². The maximum atomic E-state index is 11.2. The summed E-state index contributed by atoms with van der Waals surface area (Å²) in [6.45, 7) is 4.01. The van der Waals surface area contributed by atoms with Crippen LogP contribution in [0.25, 0.3) is 5.69 Å². The topological polar surface area (TPSA) is 54.6 Å². The van der Waals surface area contributed by atoms with Gasteiger partial charge in [-0.25, -0.2) is 4.79 Å². The summed E-state index contributed by atoms with van der Waals surface area (Å²) < 4.78 is 2.10. The molecule has 2 aromatic carbocycles. The number of carbonyl (C=O) groups is 1. The van der Waals surface area contributed by atoms with Gasteiger partial charge in [-0.05, 0) is 56.3 Å². The van der Waals surface area contributed by atoms with E-state index in [1.807, 2.05) is 44.2 Å². The predicted octanol–water partition coefficient (Wildman–Crippen LogP) is 5.85. The van der Waals surface area contributed by atoms with Crippen molar-refractivity contribution >= 4 is 41.1 Å². The molecule has 6 heteroatoms. The molecule has 0 aliphatic rings. The number of benzene rings is 2. The third-order valence-electron chi connectivity index (χ3n) is 4.07. The molecule has 0 unspecified atom stereocenters. The van der Waals surface area contributed by atoms with E-state index in [1.165, 1.54) is 12.1 Å². The predicted molar refractivity (Wildman–Crippen MR) is 106 cm³/mol. The third-order valence-corrected chi connectivity index (χ3v) is 4.63. The van der Waals surface area contributed by atoms with Gasteiger partial charge in [0.25, 0.3) is 0 Å². The van der Waals surface area contributed by atoms with E-state index in [4.69, 9.17) is 28.3 Å². The Hall–Kier alpha value is -2.56. The average Bonchev–Trinajstić information content (AvgIpc) is 2.87. The summed E-state index contributed by atoms with van der Waals surface area (Å²) in [6, 6.07) is 14.3. The molecule has 0 radical (unpaired) electrons. The summed E-state index contributed by atoms with van der Waals surface area (Å²) in [5.41, 5.74) is 4.54. The number of hydrogen-bond acceptors (Lipinski definition) is 2. The third kappa shape index (κ3) is 3.66. The van der Waals surface area contributed by atoms with Gasteiger partial charge < -0.3 is 9.67 Å². The SMILES string of the molecule is Cc1cc(C=Nc2ccc(Cl)c(C(=O)O)c2)c(C)n1-c1cccc(Cl)c1. The van der Waals surface area contributed by atoms with Crippen LogP contribution in [0.5, 0.6) is 0 Å². The molecule has 26 heavy (non-hydrogen) atoms. The first kappa shape index (κ1) is 18.2. The van der Waals surface area contributed by atoms with Crippen LogP contribution in [0.4, 0.5) is 5.69 Å². The fourth-order valence-corrected chi connectivity index (χ4v) is 3.22. The van der Waals surface area contributed by atoms with Crippen LogP contribution in [-0.4, -0.2) is 21.9 Å². The number of aromatic nitrogens is 1. The molecule has 0 fully saturated rings. The molecule has 0 aliphatic carbocycles. The Labute approximate surface area is 161 Å². The van der Waals surface area contributed by atoms with E-state index < -0.39 is 5.97 Å². The van der Waals surface area contributed by atoms with Gasteiger partial charge in [0.15, 0.2) is 0 Å². The second-order valence-electron chi connectivity index (χ2n) is 5.87. The molecule has 1 aromatic heterocycles. The number of carboxylic acid groups (broad SMARTS) is 1. The van der Waals surface area contributed by atoms with Gasteiger partial charge in [-0.15, -0.1) is 0 Å². The summed E-state index contributed by atoms with van der Waals surface area (Å²) in [4.78, 5) is 15.6. The number of aromatic carboxylic acids is 1. The number of hydrogen-bond donors (Lipinski definition) is 1. The average molecular weight is 387 g/mol. The molecule has 0 amide bonds. The molecule has 0 bridgehead atoms. The summed E-state index contributed by atoms with van der Waals surface area (Å²) in [5.74, 6) is -1.08. The highest BCUT2D eigenvalue weighted by Gasteiger charge is 2.11. The minimum atomic E-state index is -1.08. The Morgan fingerprint density at radius 1 is 1.12 bits per heavy atom. The van der Waals surface area contributed by atoms with Crippen molar-refractivity contribution < 1.29 is 9.90 Å². The van der Waals surface area contributed by atoms with Crippen LogP contribution in [0.1, 0.15) is 27.3 Å². The molecule has 0 spiro atoms. The van der Waals surface area contributed by atoms with Crippen LogP contribution in [0.2, 0.25) is 10.0 Å². The Morgan fingerprint density at radius 2 is 1.88 bits per heavy atom. The molecule has 132 valence electrons. The highest BCUT2D eigenvalue weighted by molar-refractivity contribution is 6.33. The number of nitrogens with zero attached hydrogens (tertiary/aromatic N) is 2.